The predicted molar refractivity (Wildman–Crippen MR) is 125 cm³/mol. The van der Waals surface area contributed by atoms with Gasteiger partial charge in [0, 0.05) is 5.69 Å². The minimum Gasteiger partial charge on any atom is -0.493 e. The molecule has 32 heavy (non-hydrogen) atoms. The first-order chi connectivity index (χ1) is 15.6. The standard InChI is InChI=1S/C26H27NO5/c1-3-9-19-14-15-24(25(16-19)30-2)32-18-21(28)17-31-23-13-8-7-12-22(23)26(29)27-20-10-5-4-6-11-20/h3-8,10-16,21,28H,1,9,17-18H2,2H3,(H,27,29)/t21-/m1/s1. The Morgan fingerprint density at radius 3 is 2.38 bits per heavy atom. The lowest BCUT2D eigenvalue weighted by Crippen LogP contribution is -2.26. The highest BCUT2D eigenvalue weighted by atomic mass is 16.5. The first-order valence-corrected chi connectivity index (χ1v) is 10.3. The van der Waals surface area contributed by atoms with Crippen molar-refractivity contribution in [3.8, 4) is 17.2 Å². The number of allylic oxidation sites excluding steroid dienone is 1. The van der Waals surface area contributed by atoms with Gasteiger partial charge in [0.25, 0.3) is 5.91 Å². The highest BCUT2D eigenvalue weighted by molar-refractivity contribution is 6.06. The van der Waals surface area contributed by atoms with Gasteiger partial charge in [-0.3, -0.25) is 4.79 Å². The van der Waals surface area contributed by atoms with Crippen molar-refractivity contribution < 1.29 is 24.1 Å². The van der Waals surface area contributed by atoms with Gasteiger partial charge in [-0.05, 0) is 48.4 Å². The van der Waals surface area contributed by atoms with E-state index < -0.39 is 6.10 Å². The zero-order chi connectivity index (χ0) is 22.8. The summed E-state index contributed by atoms with van der Waals surface area (Å²) in [6.45, 7) is 3.71. The Labute approximate surface area is 188 Å². The summed E-state index contributed by atoms with van der Waals surface area (Å²) in [4.78, 5) is 12.6. The molecule has 0 fully saturated rings. The summed E-state index contributed by atoms with van der Waals surface area (Å²) in [5.74, 6) is 1.20. The van der Waals surface area contributed by atoms with Crippen molar-refractivity contribution in [3.63, 3.8) is 0 Å². The van der Waals surface area contributed by atoms with E-state index in [0.717, 1.165) is 12.0 Å². The molecule has 0 aliphatic heterocycles. The van der Waals surface area contributed by atoms with E-state index in [9.17, 15) is 9.90 Å². The number of methoxy groups -OCH3 is 1. The number of amides is 1. The third-order valence-corrected chi connectivity index (χ3v) is 4.63. The quantitative estimate of drug-likeness (QED) is 0.436. The van der Waals surface area contributed by atoms with Gasteiger partial charge in [0.1, 0.15) is 25.1 Å². The summed E-state index contributed by atoms with van der Waals surface area (Å²) in [7, 11) is 1.57. The normalized spacial score (nSPS) is 11.3. The van der Waals surface area contributed by atoms with Gasteiger partial charge in [-0.2, -0.15) is 0 Å². The Balaban J connectivity index is 1.57. The molecule has 0 spiro atoms. The van der Waals surface area contributed by atoms with Crippen LogP contribution in [-0.4, -0.2) is 37.4 Å². The molecule has 6 heteroatoms. The number of carbonyl (C=O) groups excluding carboxylic acids is 1. The van der Waals surface area contributed by atoms with Crippen LogP contribution >= 0.6 is 0 Å². The van der Waals surface area contributed by atoms with Gasteiger partial charge in [-0.25, -0.2) is 0 Å². The number of carbonyl (C=O) groups is 1. The number of hydrogen-bond acceptors (Lipinski definition) is 5. The summed E-state index contributed by atoms with van der Waals surface area (Å²) in [5.41, 5.74) is 2.12. The molecule has 0 aromatic heterocycles. The monoisotopic (exact) mass is 433 g/mol. The van der Waals surface area contributed by atoms with Crippen LogP contribution in [-0.2, 0) is 6.42 Å². The van der Waals surface area contributed by atoms with Crippen LogP contribution in [0.1, 0.15) is 15.9 Å². The molecule has 3 aromatic rings. The lowest BCUT2D eigenvalue weighted by Gasteiger charge is -2.17. The van der Waals surface area contributed by atoms with E-state index >= 15 is 0 Å². The molecule has 3 aromatic carbocycles. The highest BCUT2D eigenvalue weighted by Gasteiger charge is 2.15. The number of benzene rings is 3. The van der Waals surface area contributed by atoms with Crippen LogP contribution in [0.3, 0.4) is 0 Å². The van der Waals surface area contributed by atoms with Crippen LogP contribution in [0.5, 0.6) is 17.2 Å². The van der Waals surface area contributed by atoms with Crippen molar-refractivity contribution in [1.82, 2.24) is 0 Å². The van der Waals surface area contributed by atoms with Gasteiger partial charge < -0.3 is 24.6 Å². The Kier molecular flexibility index (Phi) is 8.29. The molecule has 0 heterocycles. The van der Waals surface area contributed by atoms with Gasteiger partial charge in [-0.15, -0.1) is 6.58 Å². The molecule has 2 N–H and O–H groups in total. The number of para-hydroxylation sites is 2. The summed E-state index contributed by atoms with van der Waals surface area (Å²) < 4.78 is 16.8. The zero-order valence-corrected chi connectivity index (χ0v) is 18.0. The number of ether oxygens (including phenoxy) is 3. The second-order valence-electron chi connectivity index (χ2n) is 7.07. The number of hydrogen-bond donors (Lipinski definition) is 2. The maximum atomic E-state index is 12.6. The van der Waals surface area contributed by atoms with Crippen LogP contribution < -0.4 is 19.5 Å². The molecule has 0 saturated heterocycles. The van der Waals surface area contributed by atoms with E-state index in [1.807, 2.05) is 36.4 Å². The molecule has 6 nitrogen and oxygen atoms in total. The van der Waals surface area contributed by atoms with E-state index in [4.69, 9.17) is 14.2 Å². The van der Waals surface area contributed by atoms with Gasteiger partial charge in [0.15, 0.2) is 11.5 Å². The second kappa shape index (κ2) is 11.6. The van der Waals surface area contributed by atoms with Crippen molar-refractivity contribution in [2.75, 3.05) is 25.6 Å². The van der Waals surface area contributed by atoms with Gasteiger partial charge >= 0.3 is 0 Å². The highest BCUT2D eigenvalue weighted by Crippen LogP contribution is 2.28. The number of aliphatic hydroxyl groups is 1. The fraction of sp³-hybridized carbons (Fsp3) is 0.192. The SMILES string of the molecule is C=CCc1ccc(OC[C@H](O)COc2ccccc2C(=O)Nc2ccccc2)c(OC)c1. The van der Waals surface area contributed by atoms with Crippen molar-refractivity contribution in [1.29, 1.82) is 0 Å². The Morgan fingerprint density at radius 1 is 0.969 bits per heavy atom. The average molecular weight is 434 g/mol. The van der Waals surface area contributed by atoms with E-state index in [2.05, 4.69) is 11.9 Å². The van der Waals surface area contributed by atoms with Crippen molar-refractivity contribution >= 4 is 11.6 Å². The molecule has 0 aliphatic rings. The summed E-state index contributed by atoms with van der Waals surface area (Å²) >= 11 is 0. The first-order valence-electron chi connectivity index (χ1n) is 10.3. The fourth-order valence-electron chi connectivity index (χ4n) is 3.04. The third-order valence-electron chi connectivity index (χ3n) is 4.63. The number of nitrogens with one attached hydrogen (secondary N) is 1. The molecule has 1 atom stereocenters. The molecular formula is C26H27NO5. The van der Waals surface area contributed by atoms with Crippen LogP contribution in [0.4, 0.5) is 5.69 Å². The summed E-state index contributed by atoms with van der Waals surface area (Å²) in [6.07, 6.45) is 1.64. The largest absolute Gasteiger partial charge is 0.493 e. The van der Waals surface area contributed by atoms with Crippen LogP contribution in [0.25, 0.3) is 0 Å². The summed E-state index contributed by atoms with van der Waals surface area (Å²) in [6, 6.07) is 21.7. The molecule has 0 unspecified atom stereocenters. The Bertz CT molecular complexity index is 1040. The van der Waals surface area contributed by atoms with Crippen molar-refractivity contribution in [3.05, 3.63) is 96.6 Å². The van der Waals surface area contributed by atoms with Crippen LogP contribution in [0.15, 0.2) is 85.5 Å². The van der Waals surface area contributed by atoms with E-state index in [1.54, 1.807) is 49.6 Å². The smallest absolute Gasteiger partial charge is 0.259 e. The Morgan fingerprint density at radius 2 is 1.66 bits per heavy atom. The van der Waals surface area contributed by atoms with Crippen LogP contribution in [0.2, 0.25) is 0 Å². The number of anilines is 1. The minimum absolute atomic E-state index is 0.00947. The topological polar surface area (TPSA) is 77.0 Å². The molecule has 166 valence electrons. The first kappa shape index (κ1) is 22.9. The fourth-order valence-corrected chi connectivity index (χ4v) is 3.04. The summed E-state index contributed by atoms with van der Waals surface area (Å²) in [5, 5.41) is 13.2. The van der Waals surface area contributed by atoms with Crippen molar-refractivity contribution in [2.24, 2.45) is 0 Å². The minimum atomic E-state index is -0.905. The molecule has 3 rings (SSSR count). The third kappa shape index (κ3) is 6.36. The van der Waals surface area contributed by atoms with E-state index in [-0.39, 0.29) is 19.1 Å². The predicted octanol–water partition coefficient (Wildman–Crippen LogP) is 4.49. The molecule has 0 aliphatic carbocycles. The molecular weight excluding hydrogens is 406 g/mol. The van der Waals surface area contributed by atoms with E-state index in [0.29, 0.717) is 28.5 Å². The molecule has 0 radical (unpaired) electrons. The maximum Gasteiger partial charge on any atom is 0.259 e. The van der Waals surface area contributed by atoms with E-state index in [1.165, 1.54) is 0 Å². The van der Waals surface area contributed by atoms with Gasteiger partial charge in [0.05, 0.1) is 12.7 Å². The Hall–Kier alpha value is -3.77. The number of rotatable bonds is 11. The molecule has 0 bridgehead atoms. The van der Waals surface area contributed by atoms with Gasteiger partial charge in [-0.1, -0.05) is 42.5 Å². The zero-order valence-electron chi connectivity index (χ0n) is 18.0. The van der Waals surface area contributed by atoms with Gasteiger partial charge in [0.2, 0.25) is 0 Å². The van der Waals surface area contributed by atoms with Crippen LogP contribution in [0, 0.1) is 0 Å². The second-order valence-corrected chi connectivity index (χ2v) is 7.07. The lowest BCUT2D eigenvalue weighted by atomic mass is 10.1. The average Bonchev–Trinajstić information content (AvgIpc) is 2.82. The maximum absolute atomic E-state index is 12.6. The lowest BCUT2D eigenvalue weighted by molar-refractivity contribution is 0.0611. The van der Waals surface area contributed by atoms with Crippen molar-refractivity contribution in [2.45, 2.75) is 12.5 Å². The molecule has 1 amide bonds. The number of aliphatic hydroxyl groups excluding tert-OH is 1. The molecule has 0 saturated carbocycles.